The number of rotatable bonds is 5. The fraction of sp³-hybridized carbons (Fsp3) is 0.579. The molecule has 2 fully saturated rings. The summed E-state index contributed by atoms with van der Waals surface area (Å²) in [5.41, 5.74) is 1.07. The van der Waals surface area contributed by atoms with Gasteiger partial charge in [-0.3, -0.25) is 9.59 Å². The van der Waals surface area contributed by atoms with Crippen molar-refractivity contribution in [2.24, 2.45) is 0 Å². The van der Waals surface area contributed by atoms with Crippen molar-refractivity contribution < 1.29 is 18.8 Å². The standard InChI is InChI=1S/C19H24N4O4S/c1-10-17(28-11(2)20-10)19(25)22-14-7-13(8-14)21-18(24)15-9-16(27-23-15)12-3-5-26-6-4-12/h9,12-14H,3-8H2,1-2H3,(H,21,24)(H,22,25). The molecule has 0 radical (unpaired) electrons. The van der Waals surface area contributed by atoms with Crippen molar-refractivity contribution in [3.05, 3.63) is 33.1 Å². The van der Waals surface area contributed by atoms with E-state index in [0.717, 1.165) is 29.3 Å². The summed E-state index contributed by atoms with van der Waals surface area (Å²) in [7, 11) is 0. The highest BCUT2D eigenvalue weighted by Crippen LogP contribution is 2.28. The molecule has 0 spiro atoms. The molecule has 0 aromatic carbocycles. The van der Waals surface area contributed by atoms with Crippen LogP contribution >= 0.6 is 11.3 Å². The van der Waals surface area contributed by atoms with Gasteiger partial charge in [-0.2, -0.15) is 0 Å². The Bertz CT molecular complexity index is 865. The van der Waals surface area contributed by atoms with Crippen molar-refractivity contribution in [1.29, 1.82) is 0 Å². The Labute approximate surface area is 167 Å². The molecule has 3 heterocycles. The number of hydrogen-bond acceptors (Lipinski definition) is 7. The molecule has 28 heavy (non-hydrogen) atoms. The van der Waals surface area contributed by atoms with Crippen LogP contribution in [0.1, 0.15) is 68.2 Å². The summed E-state index contributed by atoms with van der Waals surface area (Å²) < 4.78 is 10.7. The number of aromatic nitrogens is 2. The molecule has 150 valence electrons. The monoisotopic (exact) mass is 404 g/mol. The normalized spacial score (nSPS) is 22.5. The Morgan fingerprint density at radius 1 is 1.11 bits per heavy atom. The first-order valence-electron chi connectivity index (χ1n) is 9.59. The van der Waals surface area contributed by atoms with Crippen LogP contribution in [0.15, 0.2) is 10.6 Å². The zero-order chi connectivity index (χ0) is 19.7. The molecule has 4 rings (SSSR count). The van der Waals surface area contributed by atoms with Crippen LogP contribution in [-0.2, 0) is 4.74 Å². The number of thiazole rings is 1. The lowest BCUT2D eigenvalue weighted by Crippen LogP contribution is -2.53. The molecule has 1 saturated heterocycles. The molecule has 2 aliphatic rings. The van der Waals surface area contributed by atoms with Crippen molar-refractivity contribution in [2.45, 2.75) is 57.5 Å². The fourth-order valence-electron chi connectivity index (χ4n) is 3.68. The SMILES string of the molecule is Cc1nc(C)c(C(=O)NC2CC(NC(=O)c3cc(C4CCOCC4)on3)C2)s1. The largest absolute Gasteiger partial charge is 0.381 e. The molecule has 2 amide bonds. The predicted octanol–water partition coefficient (Wildman–Crippen LogP) is 2.33. The molecule has 0 unspecified atom stereocenters. The second-order valence-electron chi connectivity index (χ2n) is 7.46. The third-order valence-corrected chi connectivity index (χ3v) is 6.37. The Balaban J connectivity index is 1.24. The number of carbonyl (C=O) groups excluding carboxylic acids is 2. The number of nitrogens with zero attached hydrogens (tertiary/aromatic N) is 2. The summed E-state index contributed by atoms with van der Waals surface area (Å²) in [5.74, 6) is 0.702. The quantitative estimate of drug-likeness (QED) is 0.792. The molecule has 1 aliphatic carbocycles. The van der Waals surface area contributed by atoms with Crippen LogP contribution in [0.4, 0.5) is 0 Å². The topological polar surface area (TPSA) is 106 Å². The van der Waals surface area contributed by atoms with E-state index in [2.05, 4.69) is 20.8 Å². The average molecular weight is 404 g/mol. The van der Waals surface area contributed by atoms with Crippen molar-refractivity contribution >= 4 is 23.2 Å². The van der Waals surface area contributed by atoms with Crippen LogP contribution in [0, 0.1) is 13.8 Å². The summed E-state index contributed by atoms with van der Waals surface area (Å²) >= 11 is 1.40. The van der Waals surface area contributed by atoms with Crippen molar-refractivity contribution in [2.75, 3.05) is 13.2 Å². The minimum absolute atomic E-state index is 0.0327. The van der Waals surface area contributed by atoms with Gasteiger partial charge in [-0.05, 0) is 39.5 Å². The smallest absolute Gasteiger partial charge is 0.273 e. The Kier molecular flexibility index (Phi) is 5.45. The Morgan fingerprint density at radius 2 is 1.79 bits per heavy atom. The van der Waals surface area contributed by atoms with Gasteiger partial charge in [-0.25, -0.2) is 4.98 Å². The van der Waals surface area contributed by atoms with Gasteiger partial charge >= 0.3 is 0 Å². The number of aryl methyl sites for hydroxylation is 2. The number of nitrogens with one attached hydrogen (secondary N) is 2. The number of hydrogen-bond donors (Lipinski definition) is 2. The van der Waals surface area contributed by atoms with Crippen LogP contribution in [0.25, 0.3) is 0 Å². The van der Waals surface area contributed by atoms with E-state index in [-0.39, 0.29) is 29.8 Å². The van der Waals surface area contributed by atoms with E-state index in [4.69, 9.17) is 9.26 Å². The van der Waals surface area contributed by atoms with E-state index in [1.807, 2.05) is 13.8 Å². The minimum atomic E-state index is -0.231. The minimum Gasteiger partial charge on any atom is -0.381 e. The molecule has 2 N–H and O–H groups in total. The van der Waals surface area contributed by atoms with Crippen LogP contribution in [0.2, 0.25) is 0 Å². The summed E-state index contributed by atoms with van der Waals surface area (Å²) in [6.45, 7) is 5.15. The van der Waals surface area contributed by atoms with Gasteiger partial charge in [0.15, 0.2) is 5.69 Å². The summed E-state index contributed by atoms with van der Waals surface area (Å²) in [6.07, 6.45) is 3.19. The van der Waals surface area contributed by atoms with Gasteiger partial charge in [0, 0.05) is 37.3 Å². The van der Waals surface area contributed by atoms with Crippen molar-refractivity contribution in [3.63, 3.8) is 0 Å². The number of amides is 2. The van der Waals surface area contributed by atoms with Crippen LogP contribution < -0.4 is 10.6 Å². The summed E-state index contributed by atoms with van der Waals surface area (Å²) in [6, 6.07) is 1.83. The molecule has 1 aliphatic heterocycles. The van der Waals surface area contributed by atoms with Crippen LogP contribution in [0.3, 0.4) is 0 Å². The van der Waals surface area contributed by atoms with Crippen molar-refractivity contribution in [1.82, 2.24) is 20.8 Å². The highest BCUT2D eigenvalue weighted by Gasteiger charge is 2.33. The maximum Gasteiger partial charge on any atom is 0.273 e. The molecule has 2 aromatic heterocycles. The Morgan fingerprint density at radius 3 is 2.43 bits per heavy atom. The third kappa shape index (κ3) is 4.10. The van der Waals surface area contributed by atoms with E-state index in [1.165, 1.54) is 11.3 Å². The summed E-state index contributed by atoms with van der Waals surface area (Å²) in [4.78, 5) is 29.7. The predicted molar refractivity (Wildman–Crippen MR) is 103 cm³/mol. The van der Waals surface area contributed by atoms with Gasteiger partial charge in [0.2, 0.25) is 0 Å². The van der Waals surface area contributed by atoms with Gasteiger partial charge in [-0.1, -0.05) is 5.16 Å². The lowest BCUT2D eigenvalue weighted by Gasteiger charge is -2.36. The van der Waals surface area contributed by atoms with Crippen LogP contribution in [0.5, 0.6) is 0 Å². The molecule has 8 nitrogen and oxygen atoms in total. The fourth-order valence-corrected chi connectivity index (χ4v) is 4.50. The average Bonchev–Trinajstić information content (AvgIpc) is 3.27. The van der Waals surface area contributed by atoms with Crippen LogP contribution in [-0.4, -0.2) is 47.3 Å². The first-order valence-corrected chi connectivity index (χ1v) is 10.4. The van der Waals surface area contributed by atoms with E-state index >= 15 is 0 Å². The molecule has 0 bridgehead atoms. The highest BCUT2D eigenvalue weighted by molar-refractivity contribution is 7.13. The van der Waals surface area contributed by atoms with Gasteiger partial charge in [0.25, 0.3) is 11.8 Å². The van der Waals surface area contributed by atoms with Gasteiger partial charge in [0.05, 0.1) is 10.7 Å². The molecule has 2 aromatic rings. The zero-order valence-electron chi connectivity index (χ0n) is 16.0. The van der Waals surface area contributed by atoms with E-state index in [9.17, 15) is 9.59 Å². The molecule has 0 atom stereocenters. The van der Waals surface area contributed by atoms with Gasteiger partial charge in [-0.15, -0.1) is 11.3 Å². The van der Waals surface area contributed by atoms with Crippen molar-refractivity contribution in [3.8, 4) is 0 Å². The number of ether oxygens (including phenoxy) is 1. The molecule has 1 saturated carbocycles. The Hall–Kier alpha value is -2.26. The van der Waals surface area contributed by atoms with E-state index in [1.54, 1.807) is 6.07 Å². The number of carbonyl (C=O) groups is 2. The zero-order valence-corrected chi connectivity index (χ0v) is 16.8. The second-order valence-corrected chi connectivity index (χ2v) is 8.66. The maximum absolute atomic E-state index is 12.4. The third-order valence-electron chi connectivity index (χ3n) is 5.30. The first-order chi connectivity index (χ1) is 13.5. The van der Waals surface area contributed by atoms with E-state index in [0.29, 0.717) is 36.6 Å². The maximum atomic E-state index is 12.4. The lowest BCUT2D eigenvalue weighted by atomic mass is 9.86. The molecular formula is C19H24N4O4S. The lowest BCUT2D eigenvalue weighted by molar-refractivity contribution is 0.0788. The highest BCUT2D eigenvalue weighted by atomic mass is 32.1. The van der Waals surface area contributed by atoms with Gasteiger partial charge < -0.3 is 19.9 Å². The summed E-state index contributed by atoms with van der Waals surface area (Å²) in [5, 5.41) is 10.8. The van der Waals surface area contributed by atoms with Gasteiger partial charge in [0.1, 0.15) is 10.6 Å². The molecular weight excluding hydrogens is 380 g/mol. The molecule has 9 heteroatoms. The first kappa shape index (κ1) is 19.1. The van der Waals surface area contributed by atoms with E-state index < -0.39 is 0 Å². The second kappa shape index (κ2) is 8.00.